The lowest BCUT2D eigenvalue weighted by atomic mass is 10.3. The summed E-state index contributed by atoms with van der Waals surface area (Å²) < 4.78 is 0. The number of hydrogen-bond donors (Lipinski definition) is 0. The number of azide groups is 1. The number of halogens is 1. The number of fused-ring (bicyclic) bond motifs is 1. The lowest BCUT2D eigenvalue weighted by molar-refractivity contribution is -0.195. The van der Waals surface area contributed by atoms with Gasteiger partial charge in [0.2, 0.25) is 11.1 Å². The summed E-state index contributed by atoms with van der Waals surface area (Å²) in [6, 6.07) is 7.24. The zero-order valence-electron chi connectivity index (χ0n) is 18.5. The number of nitrogens with zero attached hydrogens (tertiary/aromatic N) is 7. The highest BCUT2D eigenvalue weighted by Crippen LogP contribution is 2.11. The molecule has 0 N–H and O–H groups in total. The number of amides is 3. The van der Waals surface area contributed by atoms with Crippen molar-refractivity contribution in [3.63, 3.8) is 0 Å². The van der Waals surface area contributed by atoms with Gasteiger partial charge in [0.15, 0.2) is 0 Å². The van der Waals surface area contributed by atoms with Gasteiger partial charge in [0, 0.05) is 45.4 Å². The molecule has 2 aromatic rings. The van der Waals surface area contributed by atoms with Crippen molar-refractivity contribution in [1.82, 2.24) is 20.2 Å². The second-order valence-corrected chi connectivity index (χ2v) is 6.41. The maximum Gasteiger partial charge on any atom is 0.332 e. The number of para-hydroxylation sites is 1. The smallest absolute Gasteiger partial charge is 0.331 e. The first kappa shape index (κ1) is 29.6. The lowest BCUT2D eigenvalue weighted by Crippen LogP contribution is -2.30. The second-order valence-electron chi connectivity index (χ2n) is 5.88. The number of carbonyl (C=O) groups excluding carboxylic acids is 6. The normalized spacial score (nSPS) is 11.4. The van der Waals surface area contributed by atoms with Gasteiger partial charge in [-0.3, -0.25) is 19.2 Å². The van der Waals surface area contributed by atoms with Crippen LogP contribution in [0.1, 0.15) is 40.5 Å². The minimum absolute atomic E-state index is 0.131. The van der Waals surface area contributed by atoms with Crippen LogP contribution in [0.4, 0.5) is 0 Å². The van der Waals surface area contributed by atoms with Crippen LogP contribution >= 0.6 is 11.6 Å². The van der Waals surface area contributed by atoms with E-state index in [0.717, 1.165) is 11.8 Å². The van der Waals surface area contributed by atoms with Gasteiger partial charge < -0.3 is 9.68 Å². The number of benzene rings is 1. The van der Waals surface area contributed by atoms with Crippen LogP contribution in [0.5, 0.6) is 0 Å². The summed E-state index contributed by atoms with van der Waals surface area (Å²) in [6.07, 6.45) is 0.262. The minimum Gasteiger partial charge on any atom is -0.331 e. The average Bonchev–Trinajstić information content (AvgIpc) is 3.26. The molecule has 1 aromatic carbocycles. The third kappa shape index (κ3) is 12.5. The number of hydrogen-bond acceptors (Lipinski definition) is 10. The number of rotatable bonds is 2. The quantitative estimate of drug-likeness (QED) is 0.146. The van der Waals surface area contributed by atoms with E-state index in [2.05, 4.69) is 36.8 Å². The van der Waals surface area contributed by atoms with Crippen LogP contribution in [-0.4, -0.2) is 55.1 Å². The minimum atomic E-state index is -0.659. The summed E-state index contributed by atoms with van der Waals surface area (Å²) in [7, 11) is 0. The Morgan fingerprint density at radius 2 is 1.50 bits per heavy atom. The number of carbonyl (C=O) groups is 6. The van der Waals surface area contributed by atoms with Crippen LogP contribution in [0.3, 0.4) is 0 Å². The third-order valence-electron chi connectivity index (χ3n) is 2.95. The number of imide groups is 1. The molecule has 0 radical (unpaired) electrons. The van der Waals surface area contributed by atoms with Gasteiger partial charge in [-0.2, -0.15) is 0 Å². The fourth-order valence-electron chi connectivity index (χ4n) is 1.89. The van der Waals surface area contributed by atoms with E-state index in [1.807, 2.05) is 12.1 Å². The third-order valence-corrected chi connectivity index (χ3v) is 2.95. The van der Waals surface area contributed by atoms with Crippen LogP contribution in [-0.2, 0) is 33.6 Å². The fourth-order valence-corrected chi connectivity index (χ4v) is 1.89. The van der Waals surface area contributed by atoms with Crippen molar-refractivity contribution in [2.75, 3.05) is 0 Å². The average molecular weight is 498 g/mol. The Bertz CT molecular complexity index is 1090. The highest BCUT2D eigenvalue weighted by molar-refractivity contribution is 6.62. The molecule has 0 bridgehead atoms. The van der Waals surface area contributed by atoms with Crippen molar-refractivity contribution in [1.29, 1.82) is 0 Å². The molecule has 3 amide bonds. The second kappa shape index (κ2) is 15.4. The maximum absolute atomic E-state index is 10.7. The van der Waals surface area contributed by atoms with E-state index in [1.165, 1.54) is 20.8 Å². The molecule has 1 aromatic heterocycles. The molecule has 2 heterocycles. The molecule has 15 nitrogen and oxygen atoms in total. The molecular formula is C18H20ClN7O8. The van der Waals surface area contributed by atoms with Gasteiger partial charge >= 0.3 is 11.9 Å². The van der Waals surface area contributed by atoms with E-state index in [0.29, 0.717) is 16.1 Å². The van der Waals surface area contributed by atoms with Gasteiger partial charge in [0.25, 0.3) is 11.8 Å². The Labute approximate surface area is 197 Å². The summed E-state index contributed by atoms with van der Waals surface area (Å²) >= 11 is 4.64. The predicted octanol–water partition coefficient (Wildman–Crippen LogP) is 1.63. The van der Waals surface area contributed by atoms with E-state index in [1.54, 1.807) is 12.1 Å². The molecule has 0 aliphatic carbocycles. The summed E-state index contributed by atoms with van der Waals surface area (Å²) in [6.45, 7) is 4.94. The summed E-state index contributed by atoms with van der Waals surface area (Å²) in [5.74, 6) is -2.49. The molecule has 3 rings (SSSR count). The molecule has 182 valence electrons. The molecule has 0 unspecified atom stereocenters. The largest absolute Gasteiger partial charge is 0.332 e. The molecule has 0 spiro atoms. The Balaban J connectivity index is 0.000000470. The predicted molar refractivity (Wildman–Crippen MR) is 114 cm³/mol. The van der Waals surface area contributed by atoms with Crippen molar-refractivity contribution < 1.29 is 38.4 Å². The van der Waals surface area contributed by atoms with Crippen LogP contribution in [0.15, 0.2) is 29.4 Å². The SMILES string of the molecule is CC(=O)Cl.CC(=O)N=[N+]=[N-].CC(=O)ON1C(=O)CCC1=O.CC(=O)On1nnc2ccccc21. The highest BCUT2D eigenvalue weighted by Gasteiger charge is 2.31. The molecule has 1 fully saturated rings. The van der Waals surface area contributed by atoms with E-state index in [4.69, 9.17) is 10.4 Å². The molecule has 16 heteroatoms. The van der Waals surface area contributed by atoms with E-state index >= 15 is 0 Å². The maximum atomic E-state index is 10.7. The molecule has 1 saturated heterocycles. The van der Waals surface area contributed by atoms with Gasteiger partial charge in [-0.05, 0) is 39.6 Å². The highest BCUT2D eigenvalue weighted by atomic mass is 35.5. The van der Waals surface area contributed by atoms with Gasteiger partial charge in [0.1, 0.15) is 11.0 Å². The van der Waals surface area contributed by atoms with Gasteiger partial charge in [-0.25, -0.2) is 9.59 Å². The molecule has 1 aliphatic rings. The topological polar surface area (TPSA) is 204 Å². The summed E-state index contributed by atoms with van der Waals surface area (Å²) in [4.78, 5) is 73.7. The van der Waals surface area contributed by atoms with E-state index < -0.39 is 29.7 Å². The molecule has 0 atom stereocenters. The van der Waals surface area contributed by atoms with Gasteiger partial charge in [-0.15, -0.1) is 10.2 Å². The summed E-state index contributed by atoms with van der Waals surface area (Å²) in [5.41, 5.74) is 8.85. The van der Waals surface area contributed by atoms with Crippen LogP contribution in [0, 0.1) is 0 Å². The number of aromatic nitrogens is 3. The standard InChI is InChI=1S/C8H7N3O2.C6H7NO4.C2H3ClO.C2H3N3O/c1-6(12)13-11-8-5-3-2-4-7(8)9-10-11;1-4(8)11-7-5(9)2-3-6(7)10;1-2(3)4;1-2(6)4-5-3/h2-5H,1H3;2-3H2,1H3;1H3;1H3. The summed E-state index contributed by atoms with van der Waals surface area (Å²) in [5, 5.41) is 10.3. The van der Waals surface area contributed by atoms with Gasteiger partial charge in [-0.1, -0.05) is 17.0 Å². The van der Waals surface area contributed by atoms with E-state index in [9.17, 15) is 28.8 Å². The fraction of sp³-hybridized carbons (Fsp3) is 0.333. The first-order valence-electron chi connectivity index (χ1n) is 9.14. The zero-order chi connectivity index (χ0) is 26.3. The zero-order valence-corrected chi connectivity index (χ0v) is 19.3. The van der Waals surface area contributed by atoms with Crippen molar-refractivity contribution in [3.8, 4) is 0 Å². The van der Waals surface area contributed by atoms with Crippen LogP contribution in [0.25, 0.3) is 21.5 Å². The first-order valence-corrected chi connectivity index (χ1v) is 9.52. The lowest BCUT2D eigenvalue weighted by Gasteiger charge is -2.09. The number of hydroxylamine groups is 2. The van der Waals surface area contributed by atoms with Crippen LogP contribution in [0.2, 0.25) is 0 Å². The Morgan fingerprint density at radius 3 is 1.91 bits per heavy atom. The van der Waals surface area contributed by atoms with Crippen molar-refractivity contribution in [3.05, 3.63) is 34.7 Å². The molecular weight excluding hydrogens is 478 g/mol. The Hall–Kier alpha value is -4.36. The van der Waals surface area contributed by atoms with Crippen LogP contribution < -0.4 is 4.84 Å². The van der Waals surface area contributed by atoms with E-state index in [-0.39, 0.29) is 18.1 Å². The van der Waals surface area contributed by atoms with Crippen molar-refractivity contribution in [2.24, 2.45) is 5.11 Å². The van der Waals surface area contributed by atoms with Crippen molar-refractivity contribution in [2.45, 2.75) is 40.5 Å². The molecule has 1 aliphatic heterocycles. The first-order chi connectivity index (χ1) is 15.9. The Morgan fingerprint density at radius 1 is 1.00 bits per heavy atom. The monoisotopic (exact) mass is 497 g/mol. The van der Waals surface area contributed by atoms with Crippen molar-refractivity contribution >= 4 is 57.5 Å². The molecule has 0 saturated carbocycles. The van der Waals surface area contributed by atoms with Gasteiger partial charge in [0.05, 0.1) is 0 Å². The Kier molecular flexibility index (Phi) is 13.5. The molecule has 34 heavy (non-hydrogen) atoms.